The third-order valence-electron chi connectivity index (χ3n) is 2.38. The van der Waals surface area contributed by atoms with Gasteiger partial charge >= 0.3 is 0 Å². The maximum atomic E-state index is 6.17. The fraction of sp³-hybridized carbons (Fsp3) is 1.00. The Labute approximate surface area is 83.6 Å². The molecule has 0 aromatic rings. The first-order valence-corrected chi connectivity index (χ1v) is 8.95. The van der Waals surface area contributed by atoms with Crippen molar-refractivity contribution in [2.45, 2.75) is 37.6 Å². The molecule has 1 aliphatic rings. The molecule has 0 unspecified atom stereocenters. The minimum Gasteiger partial charge on any atom is -0.144 e. The molecule has 0 spiro atoms. The normalized spacial score (nSPS) is 22.1. The van der Waals surface area contributed by atoms with Crippen LogP contribution in [0.2, 0.25) is 5.54 Å². The van der Waals surface area contributed by atoms with E-state index in [4.69, 9.17) is 33.8 Å². The Kier molecular flexibility index (Phi) is 4.03. The molecule has 0 saturated heterocycles. The molecule has 1 aliphatic carbocycles. The second-order valence-corrected chi connectivity index (χ2v) is 11.3. The van der Waals surface area contributed by atoms with Gasteiger partial charge in [-0.2, -0.15) is 0 Å². The SMILES string of the molecule is ClC[Si](Cl)(Cl)C1CCCCC1. The number of hydrogen-bond donors (Lipinski definition) is 0. The van der Waals surface area contributed by atoms with E-state index in [1.165, 1.54) is 32.1 Å². The van der Waals surface area contributed by atoms with Crippen molar-refractivity contribution in [2.75, 3.05) is 5.50 Å². The Morgan fingerprint density at radius 3 is 2.09 bits per heavy atom. The Morgan fingerprint density at radius 2 is 1.64 bits per heavy atom. The van der Waals surface area contributed by atoms with Gasteiger partial charge in [-0.15, -0.1) is 33.8 Å². The summed E-state index contributed by atoms with van der Waals surface area (Å²) in [5.41, 5.74) is 1.04. The van der Waals surface area contributed by atoms with Crippen molar-refractivity contribution < 1.29 is 0 Å². The number of hydrogen-bond acceptors (Lipinski definition) is 0. The minimum atomic E-state index is -2.07. The van der Waals surface area contributed by atoms with Crippen molar-refractivity contribution >= 4 is 40.5 Å². The Bertz CT molecular complexity index is 121. The standard InChI is InChI=1S/C7H13Cl3Si/c8-6-11(9,10)7-4-2-1-3-5-7/h7H,1-6H2. The van der Waals surface area contributed by atoms with E-state index < -0.39 is 6.69 Å². The van der Waals surface area contributed by atoms with E-state index in [1.807, 2.05) is 0 Å². The van der Waals surface area contributed by atoms with Crippen LogP contribution in [0.25, 0.3) is 0 Å². The maximum Gasteiger partial charge on any atom is 0.268 e. The molecule has 0 aromatic heterocycles. The van der Waals surface area contributed by atoms with Crippen LogP contribution in [0.1, 0.15) is 32.1 Å². The molecule has 0 nitrogen and oxygen atoms in total. The van der Waals surface area contributed by atoms with Crippen LogP contribution in [0.3, 0.4) is 0 Å². The van der Waals surface area contributed by atoms with E-state index in [1.54, 1.807) is 0 Å². The highest BCUT2D eigenvalue weighted by Gasteiger charge is 2.37. The third-order valence-corrected chi connectivity index (χ3v) is 9.25. The van der Waals surface area contributed by atoms with Crippen molar-refractivity contribution in [1.29, 1.82) is 0 Å². The van der Waals surface area contributed by atoms with Gasteiger partial charge < -0.3 is 0 Å². The summed E-state index contributed by atoms with van der Waals surface area (Å²) in [7, 11) is 0. The quantitative estimate of drug-likeness (QED) is 0.383. The molecule has 1 fully saturated rings. The monoisotopic (exact) mass is 230 g/mol. The predicted octanol–water partition coefficient (Wildman–Crippen LogP) is 4.02. The lowest BCUT2D eigenvalue weighted by Gasteiger charge is -2.28. The lowest BCUT2D eigenvalue weighted by molar-refractivity contribution is 0.498. The fourth-order valence-electron chi connectivity index (χ4n) is 1.63. The van der Waals surface area contributed by atoms with Crippen molar-refractivity contribution in [3.63, 3.8) is 0 Å². The highest BCUT2D eigenvalue weighted by molar-refractivity contribution is 7.47. The van der Waals surface area contributed by atoms with Gasteiger partial charge in [0.05, 0.1) is 0 Å². The van der Waals surface area contributed by atoms with Crippen molar-refractivity contribution in [2.24, 2.45) is 0 Å². The molecule has 0 amide bonds. The van der Waals surface area contributed by atoms with E-state index in [9.17, 15) is 0 Å². The topological polar surface area (TPSA) is 0 Å². The molecular formula is C7H13Cl3Si. The van der Waals surface area contributed by atoms with E-state index in [-0.39, 0.29) is 0 Å². The summed E-state index contributed by atoms with van der Waals surface area (Å²) in [5, 5.41) is 0. The lowest BCUT2D eigenvalue weighted by Crippen LogP contribution is -2.31. The summed E-state index contributed by atoms with van der Waals surface area (Å²) in [4.78, 5) is 0. The maximum absolute atomic E-state index is 6.17. The van der Waals surface area contributed by atoms with Gasteiger partial charge in [0.15, 0.2) is 0 Å². The zero-order valence-electron chi connectivity index (χ0n) is 6.45. The highest BCUT2D eigenvalue weighted by atomic mass is 35.7. The average molecular weight is 232 g/mol. The molecule has 0 bridgehead atoms. The summed E-state index contributed by atoms with van der Waals surface area (Å²) in [6.07, 6.45) is 6.32. The Balaban J connectivity index is 2.43. The number of halogens is 3. The fourth-order valence-corrected chi connectivity index (χ4v) is 5.07. The third kappa shape index (κ3) is 2.80. The predicted molar refractivity (Wildman–Crippen MR) is 55.0 cm³/mol. The average Bonchev–Trinajstić information content (AvgIpc) is 2.06. The van der Waals surface area contributed by atoms with Crippen molar-refractivity contribution in [1.82, 2.24) is 0 Å². The van der Waals surface area contributed by atoms with Gasteiger partial charge in [0.25, 0.3) is 6.69 Å². The molecule has 0 atom stereocenters. The van der Waals surface area contributed by atoms with E-state index >= 15 is 0 Å². The van der Waals surface area contributed by atoms with Gasteiger partial charge in [-0.25, -0.2) is 0 Å². The van der Waals surface area contributed by atoms with Crippen LogP contribution in [0, 0.1) is 0 Å². The zero-order valence-corrected chi connectivity index (χ0v) is 9.72. The van der Waals surface area contributed by atoms with Crippen LogP contribution in [0.5, 0.6) is 0 Å². The van der Waals surface area contributed by atoms with Gasteiger partial charge in [-0.1, -0.05) is 32.1 Å². The van der Waals surface area contributed by atoms with Gasteiger partial charge in [-0.05, 0) is 5.54 Å². The zero-order chi connectivity index (χ0) is 8.32. The molecule has 0 radical (unpaired) electrons. The molecule has 0 heterocycles. The van der Waals surface area contributed by atoms with Gasteiger partial charge in [0, 0.05) is 5.50 Å². The molecule has 4 heteroatoms. The van der Waals surface area contributed by atoms with Crippen molar-refractivity contribution in [3.8, 4) is 0 Å². The van der Waals surface area contributed by atoms with Crippen molar-refractivity contribution in [3.05, 3.63) is 0 Å². The summed E-state index contributed by atoms with van der Waals surface area (Å²) >= 11 is 18.1. The van der Waals surface area contributed by atoms with E-state index in [2.05, 4.69) is 0 Å². The molecule has 1 rings (SSSR count). The molecule has 0 N–H and O–H groups in total. The summed E-state index contributed by atoms with van der Waals surface area (Å²) in [6.45, 7) is -2.07. The first kappa shape index (κ1) is 10.2. The first-order valence-electron chi connectivity index (χ1n) is 4.10. The van der Waals surface area contributed by atoms with Crippen LogP contribution in [0.4, 0.5) is 0 Å². The second kappa shape index (κ2) is 4.36. The van der Waals surface area contributed by atoms with E-state index in [0.717, 1.165) is 0 Å². The number of rotatable bonds is 2. The van der Waals surface area contributed by atoms with Crippen LogP contribution < -0.4 is 0 Å². The molecular weight excluding hydrogens is 219 g/mol. The summed E-state index contributed by atoms with van der Waals surface area (Å²) < 4.78 is 0. The first-order chi connectivity index (χ1) is 5.17. The molecule has 66 valence electrons. The van der Waals surface area contributed by atoms with Gasteiger partial charge in [0.2, 0.25) is 0 Å². The van der Waals surface area contributed by atoms with Crippen LogP contribution >= 0.6 is 33.8 Å². The molecule has 0 aromatic carbocycles. The van der Waals surface area contributed by atoms with E-state index in [0.29, 0.717) is 11.0 Å². The smallest absolute Gasteiger partial charge is 0.144 e. The molecule has 11 heavy (non-hydrogen) atoms. The van der Waals surface area contributed by atoms with Gasteiger partial charge in [-0.3, -0.25) is 0 Å². The largest absolute Gasteiger partial charge is 0.268 e. The lowest BCUT2D eigenvalue weighted by atomic mass is 10.0. The summed E-state index contributed by atoms with van der Waals surface area (Å²) in [5.74, 6) is 0. The van der Waals surface area contributed by atoms with Crippen LogP contribution in [-0.4, -0.2) is 12.2 Å². The highest BCUT2D eigenvalue weighted by Crippen LogP contribution is 2.41. The Hall–Kier alpha value is 1.09. The van der Waals surface area contributed by atoms with Crippen LogP contribution in [-0.2, 0) is 0 Å². The minimum absolute atomic E-state index is 0.487. The summed E-state index contributed by atoms with van der Waals surface area (Å²) in [6, 6.07) is 0. The number of alkyl halides is 1. The molecule has 0 aliphatic heterocycles. The molecule has 1 saturated carbocycles. The van der Waals surface area contributed by atoms with Crippen LogP contribution in [0.15, 0.2) is 0 Å². The Morgan fingerprint density at radius 1 is 1.09 bits per heavy atom. The second-order valence-electron chi connectivity index (χ2n) is 3.23. The van der Waals surface area contributed by atoms with Gasteiger partial charge in [0.1, 0.15) is 0 Å².